The molecule has 0 bridgehead atoms. The molecular formula is C44H80O16. The molecule has 60 heavy (non-hydrogen) atoms. The van der Waals surface area contributed by atoms with Gasteiger partial charge in [0.05, 0.1) is 92.5 Å². The van der Waals surface area contributed by atoms with Crippen LogP contribution in [0.1, 0.15) is 63.0 Å². The minimum Gasteiger partial charge on any atom is -0.491 e. The Balaban J connectivity index is 0. The molecule has 16 heteroatoms. The van der Waals surface area contributed by atoms with Gasteiger partial charge in [-0.1, -0.05) is 80.8 Å². The Kier molecular flexibility index (Phi) is 45.7. The molecule has 0 amide bonds. The van der Waals surface area contributed by atoms with Crippen molar-refractivity contribution >= 4 is 0 Å². The average Bonchev–Trinajstić information content (AvgIpc) is 3.26. The van der Waals surface area contributed by atoms with E-state index in [2.05, 4.69) is 11.7 Å². The normalized spacial score (nSPS) is 12.7. The van der Waals surface area contributed by atoms with E-state index in [9.17, 15) is 0 Å². The lowest BCUT2D eigenvalue weighted by molar-refractivity contribution is -0.0150. The number of ether oxygens (including phenoxy) is 8. The highest BCUT2D eigenvalue weighted by atomic mass is 16.5. The van der Waals surface area contributed by atoms with Gasteiger partial charge in [-0.15, -0.1) is 0 Å². The highest BCUT2D eigenvalue weighted by Gasteiger charge is 2.03. The summed E-state index contributed by atoms with van der Waals surface area (Å²) in [4.78, 5) is 0. The molecule has 0 heterocycles. The van der Waals surface area contributed by atoms with E-state index in [1.807, 2.05) is 62.4 Å². The van der Waals surface area contributed by atoms with Gasteiger partial charge in [-0.25, -0.2) is 0 Å². The highest BCUT2D eigenvalue weighted by molar-refractivity contribution is 5.26. The van der Waals surface area contributed by atoms with E-state index in [0.717, 1.165) is 24.5 Å². The SMILES string of the molecule is CCCCCCCCCOCCOCC(O)CO.COCCOCC(O)CO.Cc1ccc(OCCOCC(O)CO)cc1.Cc1ccc(OCCOCC(O)CO)cc1. The molecule has 4 unspecified atom stereocenters. The van der Waals surface area contributed by atoms with Crippen molar-refractivity contribution in [1.29, 1.82) is 0 Å². The Morgan fingerprint density at radius 3 is 1.07 bits per heavy atom. The Morgan fingerprint density at radius 2 is 0.717 bits per heavy atom. The largest absolute Gasteiger partial charge is 0.491 e. The van der Waals surface area contributed by atoms with Crippen LogP contribution in [0.3, 0.4) is 0 Å². The third-order valence-corrected chi connectivity index (χ3v) is 7.81. The number of methoxy groups -OCH3 is 1. The van der Waals surface area contributed by atoms with Crippen LogP contribution in [0.5, 0.6) is 11.5 Å². The van der Waals surface area contributed by atoms with Crippen LogP contribution in [0, 0.1) is 13.8 Å². The second kappa shape index (κ2) is 46.0. The zero-order chi connectivity index (χ0) is 44.9. The summed E-state index contributed by atoms with van der Waals surface area (Å²) in [6.07, 6.45) is 5.88. The molecule has 8 N–H and O–H groups in total. The van der Waals surface area contributed by atoms with Crippen LogP contribution < -0.4 is 9.47 Å². The van der Waals surface area contributed by atoms with Crippen molar-refractivity contribution in [3.63, 3.8) is 0 Å². The first-order chi connectivity index (χ1) is 29.1. The maximum Gasteiger partial charge on any atom is 0.119 e. The van der Waals surface area contributed by atoms with E-state index in [1.165, 1.54) is 49.7 Å². The van der Waals surface area contributed by atoms with Crippen molar-refractivity contribution in [2.45, 2.75) is 90.1 Å². The predicted molar refractivity (Wildman–Crippen MR) is 230 cm³/mol. The maximum absolute atomic E-state index is 9.00. The Hall–Kier alpha value is -2.52. The molecule has 0 aromatic heterocycles. The van der Waals surface area contributed by atoms with Crippen LogP contribution >= 0.6 is 0 Å². The Labute approximate surface area is 358 Å². The van der Waals surface area contributed by atoms with Crippen LogP contribution in [-0.4, -0.2) is 185 Å². The first-order valence-corrected chi connectivity index (χ1v) is 21.0. The van der Waals surface area contributed by atoms with E-state index >= 15 is 0 Å². The van der Waals surface area contributed by atoms with E-state index in [1.54, 1.807) is 7.11 Å². The molecule has 0 radical (unpaired) electrons. The average molecular weight is 865 g/mol. The lowest BCUT2D eigenvalue weighted by Gasteiger charge is -2.09. The second-order valence-electron chi connectivity index (χ2n) is 13.7. The summed E-state index contributed by atoms with van der Waals surface area (Å²) >= 11 is 0. The Bertz CT molecular complexity index is 1050. The van der Waals surface area contributed by atoms with Gasteiger partial charge in [0, 0.05) is 13.7 Å². The molecule has 352 valence electrons. The number of unbranched alkanes of at least 4 members (excludes halogenated alkanes) is 6. The third kappa shape index (κ3) is 43.6. The van der Waals surface area contributed by atoms with Crippen molar-refractivity contribution < 1.29 is 78.7 Å². The van der Waals surface area contributed by atoms with Gasteiger partial charge in [-0.2, -0.15) is 0 Å². The van der Waals surface area contributed by atoms with Gasteiger partial charge in [0.15, 0.2) is 0 Å². The van der Waals surface area contributed by atoms with Crippen LogP contribution in [0.25, 0.3) is 0 Å². The fourth-order valence-electron chi connectivity index (χ4n) is 4.32. The molecule has 0 aliphatic rings. The molecule has 0 saturated carbocycles. The van der Waals surface area contributed by atoms with E-state index in [0.29, 0.717) is 52.9 Å². The smallest absolute Gasteiger partial charge is 0.119 e. The van der Waals surface area contributed by atoms with Gasteiger partial charge >= 0.3 is 0 Å². The van der Waals surface area contributed by atoms with Crippen LogP contribution in [0.15, 0.2) is 48.5 Å². The van der Waals surface area contributed by atoms with E-state index in [4.69, 9.17) is 74.0 Å². The summed E-state index contributed by atoms with van der Waals surface area (Å²) in [6, 6.07) is 15.5. The molecule has 0 aliphatic carbocycles. The number of hydrogen-bond acceptors (Lipinski definition) is 16. The van der Waals surface area contributed by atoms with Gasteiger partial charge < -0.3 is 78.7 Å². The number of aryl methyl sites for hydroxylation is 2. The molecular weight excluding hydrogens is 784 g/mol. The quantitative estimate of drug-likeness (QED) is 0.0473. The Morgan fingerprint density at radius 1 is 0.400 bits per heavy atom. The molecule has 2 rings (SSSR count). The summed E-state index contributed by atoms with van der Waals surface area (Å²) in [5.41, 5.74) is 2.38. The molecule has 4 atom stereocenters. The molecule has 2 aromatic rings. The monoisotopic (exact) mass is 865 g/mol. The zero-order valence-corrected chi connectivity index (χ0v) is 36.7. The van der Waals surface area contributed by atoms with Crippen molar-refractivity contribution in [3.8, 4) is 11.5 Å². The molecule has 0 spiro atoms. The first-order valence-electron chi connectivity index (χ1n) is 21.0. The molecule has 0 aliphatic heterocycles. The van der Waals surface area contributed by atoms with Gasteiger partial charge in [-0.3, -0.25) is 0 Å². The van der Waals surface area contributed by atoms with Gasteiger partial charge in [0.25, 0.3) is 0 Å². The highest BCUT2D eigenvalue weighted by Crippen LogP contribution is 2.12. The first kappa shape index (κ1) is 59.6. The number of aliphatic hydroxyl groups excluding tert-OH is 8. The van der Waals surface area contributed by atoms with Crippen molar-refractivity contribution in [2.75, 3.05) is 119 Å². The van der Waals surface area contributed by atoms with Crippen molar-refractivity contribution in [1.82, 2.24) is 0 Å². The summed E-state index contributed by atoms with van der Waals surface area (Å²) in [7, 11) is 1.58. The molecule has 2 aromatic carbocycles. The molecule has 16 nitrogen and oxygen atoms in total. The van der Waals surface area contributed by atoms with Crippen LogP contribution in [-0.2, 0) is 28.4 Å². The van der Waals surface area contributed by atoms with Gasteiger partial charge in [0.1, 0.15) is 49.1 Å². The minimum absolute atomic E-state index is 0.133. The van der Waals surface area contributed by atoms with Crippen molar-refractivity contribution in [2.24, 2.45) is 0 Å². The number of rotatable bonds is 34. The molecule has 0 fully saturated rings. The lowest BCUT2D eigenvalue weighted by Crippen LogP contribution is -2.21. The van der Waals surface area contributed by atoms with E-state index < -0.39 is 24.4 Å². The second-order valence-corrected chi connectivity index (χ2v) is 13.7. The summed E-state index contributed by atoms with van der Waals surface area (Å²) in [5.74, 6) is 1.61. The minimum atomic E-state index is -0.806. The van der Waals surface area contributed by atoms with Crippen molar-refractivity contribution in [3.05, 3.63) is 59.7 Å². The fourth-order valence-corrected chi connectivity index (χ4v) is 4.32. The standard InChI is InChI=1S/C14H30O4.2C12H18O4.C6H14O4/c1-2-3-4-5-6-7-8-9-17-10-11-18-13-14(16)12-15;2*1-10-2-4-12(5-3-10)16-7-6-15-9-11(14)8-13;1-9-2-3-10-5-6(8)4-7/h14-16H,2-13H2,1H3;2*2-5,11,13-14H,6-9H2,1H3;6-8H,2-5H2,1H3. The maximum atomic E-state index is 9.00. The number of aliphatic hydroxyl groups is 8. The van der Waals surface area contributed by atoms with E-state index in [-0.39, 0.29) is 52.9 Å². The van der Waals surface area contributed by atoms with Crippen LogP contribution in [0.4, 0.5) is 0 Å². The topological polar surface area (TPSA) is 236 Å². The fraction of sp³-hybridized carbons (Fsp3) is 0.727. The van der Waals surface area contributed by atoms with Gasteiger partial charge in [-0.05, 0) is 44.5 Å². The number of hydrogen-bond donors (Lipinski definition) is 8. The third-order valence-electron chi connectivity index (χ3n) is 7.81. The van der Waals surface area contributed by atoms with Crippen LogP contribution in [0.2, 0.25) is 0 Å². The van der Waals surface area contributed by atoms with Gasteiger partial charge in [0.2, 0.25) is 0 Å². The zero-order valence-electron chi connectivity index (χ0n) is 36.7. The predicted octanol–water partition coefficient (Wildman–Crippen LogP) is 2.61. The number of benzene rings is 2. The molecule has 0 saturated heterocycles. The summed E-state index contributed by atoms with van der Waals surface area (Å²) in [5, 5.41) is 69.7. The lowest BCUT2D eigenvalue weighted by atomic mass is 10.1. The summed E-state index contributed by atoms with van der Waals surface area (Å²) < 4.78 is 41.1. The summed E-state index contributed by atoms with van der Waals surface area (Å²) in [6.45, 7) is 10.3.